The van der Waals surface area contributed by atoms with E-state index in [1.165, 1.54) is 5.69 Å². The standard InChI is InChI=1S/C24H32N4O2/c1-19-15-20(2)17-21(16-19)24(30)26-18-23(29)25-9-6-10-27-11-13-28(14-12-27)22-7-4-3-5-8-22/h3-5,7-8,15-17H,6,9-14,18H2,1-2H3,(H,25,29)(H,26,30). The van der Waals surface area contributed by atoms with Crippen LogP contribution in [0.4, 0.5) is 5.69 Å². The molecule has 2 amide bonds. The number of piperazine rings is 1. The summed E-state index contributed by atoms with van der Waals surface area (Å²) in [6, 6.07) is 16.2. The normalized spacial score (nSPS) is 14.4. The van der Waals surface area contributed by atoms with E-state index in [9.17, 15) is 9.59 Å². The molecule has 0 spiro atoms. The zero-order valence-corrected chi connectivity index (χ0v) is 18.0. The largest absolute Gasteiger partial charge is 0.369 e. The number of carbonyl (C=O) groups is 2. The molecule has 1 fully saturated rings. The summed E-state index contributed by atoms with van der Waals surface area (Å²) in [7, 11) is 0. The zero-order chi connectivity index (χ0) is 21.3. The first-order chi connectivity index (χ1) is 14.5. The molecular weight excluding hydrogens is 376 g/mol. The number of rotatable bonds is 8. The van der Waals surface area contributed by atoms with Crippen LogP contribution >= 0.6 is 0 Å². The number of nitrogens with zero attached hydrogens (tertiary/aromatic N) is 2. The van der Waals surface area contributed by atoms with Gasteiger partial charge in [0, 0.05) is 44.0 Å². The quantitative estimate of drug-likeness (QED) is 0.658. The van der Waals surface area contributed by atoms with Gasteiger partial charge in [0.1, 0.15) is 0 Å². The maximum atomic E-state index is 12.2. The molecule has 2 N–H and O–H groups in total. The third-order valence-electron chi connectivity index (χ3n) is 5.36. The van der Waals surface area contributed by atoms with E-state index in [-0.39, 0.29) is 18.4 Å². The van der Waals surface area contributed by atoms with Gasteiger partial charge in [-0.1, -0.05) is 35.4 Å². The average Bonchev–Trinajstić information content (AvgIpc) is 2.75. The van der Waals surface area contributed by atoms with Crippen molar-refractivity contribution in [3.05, 3.63) is 65.2 Å². The van der Waals surface area contributed by atoms with Gasteiger partial charge in [0.05, 0.1) is 6.54 Å². The van der Waals surface area contributed by atoms with Crippen LogP contribution in [0.15, 0.2) is 48.5 Å². The lowest BCUT2D eigenvalue weighted by Crippen LogP contribution is -2.47. The Kier molecular flexibility index (Phi) is 7.85. The number of para-hydroxylation sites is 1. The Morgan fingerprint density at radius 1 is 0.900 bits per heavy atom. The van der Waals surface area contributed by atoms with Gasteiger partial charge in [-0.2, -0.15) is 0 Å². The maximum absolute atomic E-state index is 12.2. The molecule has 0 atom stereocenters. The molecule has 0 unspecified atom stereocenters. The van der Waals surface area contributed by atoms with Crippen LogP contribution in [0, 0.1) is 13.8 Å². The molecule has 1 aliphatic heterocycles. The Hall–Kier alpha value is -2.86. The Labute approximate surface area is 179 Å². The molecule has 160 valence electrons. The molecular formula is C24H32N4O2. The molecule has 1 heterocycles. The van der Waals surface area contributed by atoms with E-state index < -0.39 is 0 Å². The highest BCUT2D eigenvalue weighted by atomic mass is 16.2. The Morgan fingerprint density at radius 2 is 1.57 bits per heavy atom. The van der Waals surface area contributed by atoms with Crippen molar-refractivity contribution in [3.8, 4) is 0 Å². The van der Waals surface area contributed by atoms with Crippen LogP contribution in [0.5, 0.6) is 0 Å². The minimum absolute atomic E-state index is 0.00156. The molecule has 0 aliphatic carbocycles. The van der Waals surface area contributed by atoms with Gasteiger partial charge in [0.2, 0.25) is 5.91 Å². The molecule has 3 rings (SSSR count). The lowest BCUT2D eigenvalue weighted by Gasteiger charge is -2.36. The third kappa shape index (κ3) is 6.59. The first-order valence-corrected chi connectivity index (χ1v) is 10.7. The highest BCUT2D eigenvalue weighted by molar-refractivity contribution is 5.96. The van der Waals surface area contributed by atoms with Crippen LogP contribution < -0.4 is 15.5 Å². The van der Waals surface area contributed by atoms with Crippen LogP contribution in [-0.2, 0) is 4.79 Å². The van der Waals surface area contributed by atoms with Crippen LogP contribution in [0.2, 0.25) is 0 Å². The van der Waals surface area contributed by atoms with Crippen molar-refractivity contribution in [1.82, 2.24) is 15.5 Å². The second-order valence-corrected chi connectivity index (χ2v) is 7.93. The predicted octanol–water partition coefficient (Wildman–Crippen LogP) is 2.36. The summed E-state index contributed by atoms with van der Waals surface area (Å²) >= 11 is 0. The van der Waals surface area contributed by atoms with Crippen molar-refractivity contribution in [3.63, 3.8) is 0 Å². The van der Waals surface area contributed by atoms with Gasteiger partial charge >= 0.3 is 0 Å². The van der Waals surface area contributed by atoms with Crippen molar-refractivity contribution >= 4 is 17.5 Å². The van der Waals surface area contributed by atoms with E-state index in [0.29, 0.717) is 12.1 Å². The summed E-state index contributed by atoms with van der Waals surface area (Å²) in [5.74, 6) is -0.366. The number of hydrogen-bond donors (Lipinski definition) is 2. The molecule has 6 heteroatoms. The molecule has 1 aliphatic rings. The van der Waals surface area contributed by atoms with Crippen LogP contribution in [0.3, 0.4) is 0 Å². The fraction of sp³-hybridized carbons (Fsp3) is 0.417. The summed E-state index contributed by atoms with van der Waals surface area (Å²) < 4.78 is 0. The minimum atomic E-state index is -0.215. The van der Waals surface area contributed by atoms with E-state index in [2.05, 4.69) is 44.7 Å². The molecule has 0 aromatic heterocycles. The smallest absolute Gasteiger partial charge is 0.251 e. The summed E-state index contributed by atoms with van der Waals surface area (Å²) in [5, 5.41) is 5.59. The number of carbonyl (C=O) groups excluding carboxylic acids is 2. The van der Waals surface area contributed by atoms with E-state index >= 15 is 0 Å². The van der Waals surface area contributed by atoms with Crippen molar-refractivity contribution < 1.29 is 9.59 Å². The van der Waals surface area contributed by atoms with E-state index in [1.807, 2.05) is 38.1 Å². The fourth-order valence-corrected chi connectivity index (χ4v) is 3.83. The van der Waals surface area contributed by atoms with Crippen molar-refractivity contribution in [2.75, 3.05) is 50.7 Å². The van der Waals surface area contributed by atoms with Crippen LogP contribution in [0.25, 0.3) is 0 Å². The topological polar surface area (TPSA) is 64.7 Å². The zero-order valence-electron chi connectivity index (χ0n) is 18.0. The van der Waals surface area contributed by atoms with Crippen molar-refractivity contribution in [2.24, 2.45) is 0 Å². The SMILES string of the molecule is Cc1cc(C)cc(C(=O)NCC(=O)NCCCN2CCN(c3ccccc3)CC2)c1. The van der Waals surface area contributed by atoms with Crippen LogP contribution in [0.1, 0.15) is 27.9 Å². The second kappa shape index (κ2) is 10.8. The van der Waals surface area contributed by atoms with E-state index in [1.54, 1.807) is 0 Å². The average molecular weight is 409 g/mol. The first-order valence-electron chi connectivity index (χ1n) is 10.7. The van der Waals surface area contributed by atoms with Gasteiger partial charge in [-0.15, -0.1) is 0 Å². The fourth-order valence-electron chi connectivity index (χ4n) is 3.83. The highest BCUT2D eigenvalue weighted by Crippen LogP contribution is 2.15. The molecule has 0 radical (unpaired) electrons. The predicted molar refractivity (Wildman–Crippen MR) is 121 cm³/mol. The monoisotopic (exact) mass is 408 g/mol. The van der Waals surface area contributed by atoms with Crippen molar-refractivity contribution in [2.45, 2.75) is 20.3 Å². The van der Waals surface area contributed by atoms with Gasteiger partial charge in [-0.3, -0.25) is 14.5 Å². The highest BCUT2D eigenvalue weighted by Gasteiger charge is 2.16. The van der Waals surface area contributed by atoms with E-state index in [4.69, 9.17) is 0 Å². The summed E-state index contributed by atoms with van der Waals surface area (Å²) in [4.78, 5) is 29.1. The lowest BCUT2D eigenvalue weighted by molar-refractivity contribution is -0.120. The van der Waals surface area contributed by atoms with Crippen molar-refractivity contribution in [1.29, 1.82) is 0 Å². The Balaban J connectivity index is 1.28. The Bertz CT molecular complexity index is 825. The maximum Gasteiger partial charge on any atom is 0.251 e. The molecule has 6 nitrogen and oxygen atoms in total. The number of benzene rings is 2. The number of anilines is 1. The van der Waals surface area contributed by atoms with Gasteiger partial charge in [0.25, 0.3) is 5.91 Å². The summed E-state index contributed by atoms with van der Waals surface area (Å²) in [6.07, 6.45) is 0.905. The van der Waals surface area contributed by atoms with E-state index in [0.717, 1.165) is 50.3 Å². The van der Waals surface area contributed by atoms with Crippen LogP contribution in [-0.4, -0.2) is 62.5 Å². The molecule has 30 heavy (non-hydrogen) atoms. The third-order valence-corrected chi connectivity index (χ3v) is 5.36. The number of amides is 2. The van der Waals surface area contributed by atoms with Gasteiger partial charge in [0.15, 0.2) is 0 Å². The number of nitrogens with one attached hydrogen (secondary N) is 2. The second-order valence-electron chi connectivity index (χ2n) is 7.93. The molecule has 0 saturated carbocycles. The Morgan fingerprint density at radius 3 is 2.23 bits per heavy atom. The molecule has 0 bridgehead atoms. The van der Waals surface area contributed by atoms with Gasteiger partial charge in [-0.05, 0) is 51.1 Å². The number of aryl methyl sites for hydroxylation is 2. The summed E-state index contributed by atoms with van der Waals surface area (Å²) in [5.41, 5.74) is 3.95. The first kappa shape index (κ1) is 21.8. The lowest BCUT2D eigenvalue weighted by atomic mass is 10.1. The van der Waals surface area contributed by atoms with Gasteiger partial charge in [-0.25, -0.2) is 0 Å². The molecule has 2 aromatic carbocycles. The molecule has 2 aromatic rings. The summed E-state index contributed by atoms with van der Waals surface area (Å²) in [6.45, 7) is 9.64. The number of hydrogen-bond acceptors (Lipinski definition) is 4. The van der Waals surface area contributed by atoms with Gasteiger partial charge < -0.3 is 15.5 Å². The molecule has 1 saturated heterocycles. The minimum Gasteiger partial charge on any atom is -0.369 e.